The van der Waals surface area contributed by atoms with Crippen LogP contribution in [-0.4, -0.2) is 64.7 Å². The van der Waals surface area contributed by atoms with Gasteiger partial charge in [0.05, 0.1) is 25.2 Å². The van der Waals surface area contributed by atoms with Crippen molar-refractivity contribution in [2.24, 2.45) is 0 Å². The fourth-order valence-corrected chi connectivity index (χ4v) is 4.80. The van der Waals surface area contributed by atoms with Crippen LogP contribution in [0.3, 0.4) is 0 Å². The molecule has 7 nitrogen and oxygen atoms in total. The van der Waals surface area contributed by atoms with Crippen molar-refractivity contribution < 1.29 is 13.9 Å². The van der Waals surface area contributed by atoms with E-state index in [-0.39, 0.29) is 11.5 Å². The fourth-order valence-electron chi connectivity index (χ4n) is 4.80. The molecule has 0 saturated carbocycles. The van der Waals surface area contributed by atoms with Gasteiger partial charge in [0.2, 0.25) is 5.91 Å². The van der Waals surface area contributed by atoms with E-state index in [2.05, 4.69) is 4.90 Å². The first-order valence-electron chi connectivity index (χ1n) is 9.88. The zero-order chi connectivity index (χ0) is 18.4. The Morgan fingerprint density at radius 2 is 1.96 bits per heavy atom. The number of aromatic nitrogens is 1. The topological polar surface area (TPSA) is 67.9 Å². The molecule has 3 aliphatic heterocycles. The maximum Gasteiger partial charge on any atom is 0.419 e. The number of hydrogen-bond donors (Lipinski definition) is 0. The molecule has 144 valence electrons. The molecule has 1 aromatic heterocycles. The number of para-hydroxylation sites is 2. The molecule has 27 heavy (non-hydrogen) atoms. The average molecular weight is 371 g/mol. The first kappa shape index (κ1) is 17.0. The van der Waals surface area contributed by atoms with Gasteiger partial charge in [-0.2, -0.15) is 0 Å². The molecule has 1 unspecified atom stereocenters. The lowest BCUT2D eigenvalue weighted by molar-refractivity contribution is -0.157. The van der Waals surface area contributed by atoms with Crippen molar-refractivity contribution in [2.75, 3.05) is 32.8 Å². The molecule has 0 N–H and O–H groups in total. The van der Waals surface area contributed by atoms with Crippen LogP contribution in [0.25, 0.3) is 11.1 Å². The molecule has 3 aliphatic rings. The van der Waals surface area contributed by atoms with Crippen molar-refractivity contribution in [1.29, 1.82) is 0 Å². The lowest BCUT2D eigenvalue weighted by Gasteiger charge is -2.47. The average Bonchev–Trinajstić information content (AvgIpc) is 3.36. The third-order valence-electron chi connectivity index (χ3n) is 6.28. The second-order valence-corrected chi connectivity index (χ2v) is 8.08. The minimum Gasteiger partial charge on any atom is -0.408 e. The Hall–Kier alpha value is -2.12. The number of fused-ring (bicyclic) bond motifs is 1. The summed E-state index contributed by atoms with van der Waals surface area (Å²) in [5.74, 6) is -0.331. The second-order valence-electron chi connectivity index (χ2n) is 8.08. The van der Waals surface area contributed by atoms with Crippen LogP contribution in [0, 0.1) is 0 Å². The monoisotopic (exact) mass is 371 g/mol. The number of hydrogen-bond acceptors (Lipinski definition) is 5. The maximum atomic E-state index is 12.6. The normalized spacial score (nSPS) is 24.7. The third-order valence-corrected chi connectivity index (χ3v) is 6.28. The molecule has 4 heterocycles. The summed E-state index contributed by atoms with van der Waals surface area (Å²) in [7, 11) is 0. The summed E-state index contributed by atoms with van der Waals surface area (Å²) in [5, 5.41) is 0. The first-order chi connectivity index (χ1) is 13.1. The van der Waals surface area contributed by atoms with E-state index in [0.717, 1.165) is 18.5 Å². The highest BCUT2D eigenvalue weighted by atomic mass is 16.5. The SMILES string of the molecule is O=C(CCn1c(=O)oc2ccccc21)N1CC2(CC(N3CCCC3)CO2)C1. The zero-order valence-electron chi connectivity index (χ0n) is 15.4. The minimum atomic E-state index is -0.406. The van der Waals surface area contributed by atoms with Crippen molar-refractivity contribution >= 4 is 17.0 Å². The van der Waals surface area contributed by atoms with Crippen LogP contribution in [0.5, 0.6) is 0 Å². The predicted octanol–water partition coefficient (Wildman–Crippen LogP) is 1.45. The molecule has 1 amide bonds. The van der Waals surface area contributed by atoms with Gasteiger partial charge in [0.1, 0.15) is 5.60 Å². The van der Waals surface area contributed by atoms with E-state index in [9.17, 15) is 9.59 Å². The molecular formula is C20H25N3O4. The molecule has 1 aromatic carbocycles. The highest BCUT2D eigenvalue weighted by molar-refractivity contribution is 5.78. The number of oxazole rings is 1. The van der Waals surface area contributed by atoms with Gasteiger partial charge in [0, 0.05) is 19.0 Å². The third kappa shape index (κ3) is 2.99. The van der Waals surface area contributed by atoms with Crippen LogP contribution in [0.15, 0.2) is 33.5 Å². The number of benzene rings is 1. The highest BCUT2D eigenvalue weighted by Gasteiger charge is 2.52. The summed E-state index contributed by atoms with van der Waals surface area (Å²) in [6.45, 7) is 4.85. The Labute approximate surface area is 157 Å². The largest absolute Gasteiger partial charge is 0.419 e. The zero-order valence-corrected chi connectivity index (χ0v) is 15.4. The van der Waals surface area contributed by atoms with Crippen LogP contribution >= 0.6 is 0 Å². The van der Waals surface area contributed by atoms with Gasteiger partial charge >= 0.3 is 5.76 Å². The van der Waals surface area contributed by atoms with E-state index in [1.807, 2.05) is 23.1 Å². The van der Waals surface area contributed by atoms with Gasteiger partial charge in [-0.1, -0.05) is 12.1 Å². The Kier molecular flexibility index (Phi) is 4.09. The van der Waals surface area contributed by atoms with Crippen molar-refractivity contribution in [3.63, 3.8) is 0 Å². The summed E-state index contributed by atoms with van der Waals surface area (Å²) >= 11 is 0. The number of rotatable bonds is 4. The van der Waals surface area contributed by atoms with Crippen molar-refractivity contribution in [3.05, 3.63) is 34.8 Å². The molecular weight excluding hydrogens is 346 g/mol. The summed E-state index contributed by atoms with van der Waals surface area (Å²) in [4.78, 5) is 29.0. The first-order valence-corrected chi connectivity index (χ1v) is 9.88. The number of carbonyl (C=O) groups is 1. The van der Waals surface area contributed by atoms with Crippen molar-refractivity contribution in [3.8, 4) is 0 Å². The van der Waals surface area contributed by atoms with E-state index in [1.54, 1.807) is 6.07 Å². The molecule has 3 saturated heterocycles. The lowest BCUT2D eigenvalue weighted by atomic mass is 9.88. The minimum absolute atomic E-state index is 0.0750. The van der Waals surface area contributed by atoms with Crippen LogP contribution < -0.4 is 5.76 Å². The Morgan fingerprint density at radius 1 is 1.19 bits per heavy atom. The summed E-state index contributed by atoms with van der Waals surface area (Å²) in [5.41, 5.74) is 1.16. The molecule has 1 atom stereocenters. The molecule has 0 bridgehead atoms. The van der Waals surface area contributed by atoms with Gasteiger partial charge in [0.15, 0.2) is 5.58 Å². The maximum absolute atomic E-state index is 12.6. The molecule has 3 fully saturated rings. The summed E-state index contributed by atoms with van der Waals surface area (Å²) < 4.78 is 12.9. The Bertz CT molecular complexity index is 905. The molecule has 5 rings (SSSR count). The van der Waals surface area contributed by atoms with E-state index in [0.29, 0.717) is 37.7 Å². The molecule has 1 spiro atoms. The number of amides is 1. The van der Waals surface area contributed by atoms with Crippen LogP contribution in [0.2, 0.25) is 0 Å². The van der Waals surface area contributed by atoms with Gasteiger partial charge < -0.3 is 14.1 Å². The Morgan fingerprint density at radius 3 is 2.78 bits per heavy atom. The number of aryl methyl sites for hydroxylation is 1. The standard InChI is InChI=1S/C20H25N3O4/c24-18(7-10-23-16-5-1-2-6-17(16)27-19(23)25)22-13-20(14-22)11-15(12-26-20)21-8-3-4-9-21/h1-2,5-6,15H,3-4,7-14H2. The van der Waals surface area contributed by atoms with E-state index < -0.39 is 5.76 Å². The van der Waals surface area contributed by atoms with E-state index in [1.165, 1.54) is 30.5 Å². The molecule has 7 heteroatoms. The van der Waals surface area contributed by atoms with Crippen LogP contribution in [-0.2, 0) is 16.1 Å². The van der Waals surface area contributed by atoms with Gasteiger partial charge in [0.25, 0.3) is 0 Å². The Balaban J connectivity index is 1.16. The van der Waals surface area contributed by atoms with Gasteiger partial charge in [-0.15, -0.1) is 0 Å². The van der Waals surface area contributed by atoms with Crippen LogP contribution in [0.1, 0.15) is 25.7 Å². The van der Waals surface area contributed by atoms with Gasteiger partial charge in [-0.3, -0.25) is 14.3 Å². The molecule has 0 radical (unpaired) electrons. The van der Waals surface area contributed by atoms with Crippen LogP contribution in [0.4, 0.5) is 0 Å². The molecule has 2 aromatic rings. The number of carbonyl (C=O) groups excluding carboxylic acids is 1. The number of likely N-dealkylation sites (tertiary alicyclic amines) is 2. The molecule has 0 aliphatic carbocycles. The highest BCUT2D eigenvalue weighted by Crippen LogP contribution is 2.38. The smallest absolute Gasteiger partial charge is 0.408 e. The second kappa shape index (κ2) is 6.49. The number of nitrogens with zero attached hydrogens (tertiary/aromatic N) is 3. The van der Waals surface area contributed by atoms with E-state index >= 15 is 0 Å². The summed E-state index contributed by atoms with van der Waals surface area (Å²) in [6.07, 6.45) is 3.91. The summed E-state index contributed by atoms with van der Waals surface area (Å²) in [6, 6.07) is 7.82. The van der Waals surface area contributed by atoms with E-state index in [4.69, 9.17) is 9.15 Å². The van der Waals surface area contributed by atoms with Crippen molar-refractivity contribution in [1.82, 2.24) is 14.4 Å². The van der Waals surface area contributed by atoms with Gasteiger partial charge in [-0.25, -0.2) is 4.79 Å². The van der Waals surface area contributed by atoms with Crippen molar-refractivity contribution in [2.45, 2.75) is 43.9 Å². The quantitative estimate of drug-likeness (QED) is 0.814. The fraction of sp³-hybridized carbons (Fsp3) is 0.600. The predicted molar refractivity (Wildman–Crippen MR) is 99.6 cm³/mol. The lowest BCUT2D eigenvalue weighted by Crippen LogP contribution is -2.63. The number of ether oxygens (including phenoxy) is 1. The van der Waals surface area contributed by atoms with Gasteiger partial charge in [-0.05, 0) is 44.5 Å².